The van der Waals surface area contributed by atoms with Gasteiger partial charge in [0.25, 0.3) is 0 Å². The molecule has 1 heterocycles. The lowest BCUT2D eigenvalue weighted by molar-refractivity contribution is 0.0921. The molecule has 3 rings (SSSR count). The summed E-state index contributed by atoms with van der Waals surface area (Å²) in [5.41, 5.74) is 0.765. The Morgan fingerprint density at radius 2 is 1.76 bits per heavy atom. The monoisotopic (exact) mass is 232 g/mol. The van der Waals surface area contributed by atoms with Crippen molar-refractivity contribution in [2.24, 2.45) is 5.92 Å². The van der Waals surface area contributed by atoms with Crippen LogP contribution in [0.5, 0.6) is 11.5 Å². The van der Waals surface area contributed by atoms with Crippen molar-refractivity contribution in [2.45, 2.75) is 25.7 Å². The molecule has 0 N–H and O–H groups in total. The van der Waals surface area contributed by atoms with E-state index in [0.717, 1.165) is 24.2 Å². The van der Waals surface area contributed by atoms with E-state index < -0.39 is 0 Å². The maximum Gasteiger partial charge on any atom is 0.166 e. The van der Waals surface area contributed by atoms with E-state index in [2.05, 4.69) is 0 Å². The molecule has 0 unspecified atom stereocenters. The summed E-state index contributed by atoms with van der Waals surface area (Å²) in [4.78, 5) is 12.2. The predicted octanol–water partition coefficient (Wildman–Crippen LogP) is 2.83. The van der Waals surface area contributed by atoms with E-state index >= 15 is 0 Å². The topological polar surface area (TPSA) is 35.5 Å². The molecule has 0 saturated heterocycles. The average Bonchev–Trinajstić information content (AvgIpc) is 2.91. The van der Waals surface area contributed by atoms with E-state index in [4.69, 9.17) is 9.47 Å². The van der Waals surface area contributed by atoms with Gasteiger partial charge in [-0.1, -0.05) is 12.8 Å². The van der Waals surface area contributed by atoms with E-state index in [1.165, 1.54) is 12.8 Å². The van der Waals surface area contributed by atoms with Crippen LogP contribution in [-0.2, 0) is 0 Å². The van der Waals surface area contributed by atoms with Crippen LogP contribution in [0.15, 0.2) is 18.2 Å². The Bertz CT molecular complexity index is 433. The predicted molar refractivity (Wildman–Crippen MR) is 63.7 cm³/mol. The summed E-state index contributed by atoms with van der Waals surface area (Å²) in [6.07, 6.45) is 4.43. The molecule has 0 aromatic heterocycles. The first-order chi connectivity index (χ1) is 8.34. The first kappa shape index (κ1) is 10.6. The molecule has 1 fully saturated rings. The number of ether oxygens (including phenoxy) is 2. The van der Waals surface area contributed by atoms with Gasteiger partial charge < -0.3 is 9.47 Å². The number of fused-ring (bicyclic) bond motifs is 1. The number of hydrogen-bond donors (Lipinski definition) is 0. The first-order valence-corrected chi connectivity index (χ1v) is 6.28. The fourth-order valence-corrected chi connectivity index (χ4v) is 2.62. The normalized spacial score (nSPS) is 19.3. The quantitative estimate of drug-likeness (QED) is 0.735. The number of carbonyl (C=O) groups excluding carboxylic acids is 1. The molecule has 0 spiro atoms. The minimum Gasteiger partial charge on any atom is -0.486 e. The number of Topliss-reactive ketones (excluding diaryl/α,β-unsaturated/α-hetero) is 1. The van der Waals surface area contributed by atoms with Crippen LogP contribution < -0.4 is 9.47 Å². The molecule has 0 atom stereocenters. The Morgan fingerprint density at radius 1 is 1.06 bits per heavy atom. The number of carbonyl (C=O) groups is 1. The van der Waals surface area contributed by atoms with Crippen LogP contribution in [0, 0.1) is 5.92 Å². The van der Waals surface area contributed by atoms with Gasteiger partial charge in [0, 0.05) is 11.5 Å². The van der Waals surface area contributed by atoms with E-state index in [1.54, 1.807) is 0 Å². The van der Waals surface area contributed by atoms with Crippen LogP contribution in [-0.4, -0.2) is 19.0 Å². The zero-order valence-electron chi connectivity index (χ0n) is 9.78. The zero-order valence-corrected chi connectivity index (χ0v) is 9.78. The second-order valence-corrected chi connectivity index (χ2v) is 4.70. The van der Waals surface area contributed by atoms with Gasteiger partial charge in [-0.25, -0.2) is 0 Å². The van der Waals surface area contributed by atoms with Crippen LogP contribution >= 0.6 is 0 Å². The summed E-state index contributed by atoms with van der Waals surface area (Å²) in [6.45, 7) is 1.15. The minimum atomic E-state index is 0.220. The highest BCUT2D eigenvalue weighted by Gasteiger charge is 2.25. The molecule has 90 valence electrons. The van der Waals surface area contributed by atoms with Crippen molar-refractivity contribution in [3.63, 3.8) is 0 Å². The van der Waals surface area contributed by atoms with Crippen LogP contribution in [0.2, 0.25) is 0 Å². The molecule has 1 aliphatic carbocycles. The Balaban J connectivity index is 1.85. The zero-order chi connectivity index (χ0) is 11.7. The van der Waals surface area contributed by atoms with Crippen molar-refractivity contribution in [1.29, 1.82) is 0 Å². The molecular formula is C14H16O3. The van der Waals surface area contributed by atoms with Crippen LogP contribution in [0.3, 0.4) is 0 Å². The Labute approximate surface area is 101 Å². The summed E-state index contributed by atoms with van der Waals surface area (Å²) < 4.78 is 10.9. The Morgan fingerprint density at radius 3 is 2.53 bits per heavy atom. The molecule has 1 saturated carbocycles. The van der Waals surface area contributed by atoms with Gasteiger partial charge in [-0.15, -0.1) is 0 Å². The summed E-state index contributed by atoms with van der Waals surface area (Å²) in [7, 11) is 0. The van der Waals surface area contributed by atoms with Gasteiger partial charge in [-0.2, -0.15) is 0 Å². The van der Waals surface area contributed by atoms with Gasteiger partial charge in [0.2, 0.25) is 0 Å². The lowest BCUT2D eigenvalue weighted by atomic mass is 9.96. The molecule has 3 heteroatoms. The van der Waals surface area contributed by atoms with Gasteiger partial charge in [0.1, 0.15) is 13.2 Å². The van der Waals surface area contributed by atoms with Gasteiger partial charge in [-0.05, 0) is 31.0 Å². The lowest BCUT2D eigenvalue weighted by Crippen LogP contribution is -2.17. The first-order valence-electron chi connectivity index (χ1n) is 6.28. The summed E-state index contributed by atoms with van der Waals surface area (Å²) in [6, 6.07) is 5.53. The third kappa shape index (κ3) is 2.02. The highest BCUT2D eigenvalue weighted by molar-refractivity contribution is 5.98. The fourth-order valence-electron chi connectivity index (χ4n) is 2.62. The third-order valence-electron chi connectivity index (χ3n) is 3.55. The molecule has 3 nitrogen and oxygen atoms in total. The Kier molecular flexibility index (Phi) is 2.75. The van der Waals surface area contributed by atoms with E-state index in [0.29, 0.717) is 19.0 Å². The second kappa shape index (κ2) is 4.40. The second-order valence-electron chi connectivity index (χ2n) is 4.70. The van der Waals surface area contributed by atoms with Crippen LogP contribution in [0.1, 0.15) is 36.0 Å². The van der Waals surface area contributed by atoms with Gasteiger partial charge in [-0.3, -0.25) is 4.79 Å². The molecule has 0 bridgehead atoms. The van der Waals surface area contributed by atoms with Crippen molar-refractivity contribution in [1.82, 2.24) is 0 Å². The number of ketones is 1. The molecule has 2 aliphatic rings. The van der Waals surface area contributed by atoms with Crippen molar-refractivity contribution in [3.05, 3.63) is 23.8 Å². The standard InChI is InChI=1S/C14H16O3/c15-14(10-3-1-2-4-10)11-5-6-12-13(9-11)17-8-7-16-12/h5-6,9-10H,1-4,7-8H2. The minimum absolute atomic E-state index is 0.220. The van der Waals surface area contributed by atoms with Gasteiger partial charge in [0.05, 0.1) is 0 Å². The SMILES string of the molecule is O=C(c1ccc2c(c1)OCCO2)C1CCCC1. The van der Waals surface area contributed by atoms with Gasteiger partial charge >= 0.3 is 0 Å². The fraction of sp³-hybridized carbons (Fsp3) is 0.500. The van der Waals surface area contributed by atoms with Crippen molar-refractivity contribution in [2.75, 3.05) is 13.2 Å². The molecule has 1 aromatic carbocycles. The average molecular weight is 232 g/mol. The van der Waals surface area contributed by atoms with Crippen LogP contribution in [0.4, 0.5) is 0 Å². The molecule has 1 aromatic rings. The summed E-state index contributed by atoms with van der Waals surface area (Å²) >= 11 is 0. The molecule has 0 radical (unpaired) electrons. The maximum absolute atomic E-state index is 12.2. The Hall–Kier alpha value is -1.51. The van der Waals surface area contributed by atoms with Crippen molar-refractivity contribution in [3.8, 4) is 11.5 Å². The van der Waals surface area contributed by atoms with Crippen molar-refractivity contribution >= 4 is 5.78 Å². The van der Waals surface area contributed by atoms with Crippen molar-refractivity contribution < 1.29 is 14.3 Å². The molecule has 1 aliphatic heterocycles. The van der Waals surface area contributed by atoms with Crippen LogP contribution in [0.25, 0.3) is 0 Å². The maximum atomic E-state index is 12.2. The third-order valence-corrected chi connectivity index (χ3v) is 3.55. The summed E-state index contributed by atoms with van der Waals surface area (Å²) in [5, 5.41) is 0. The van der Waals surface area contributed by atoms with E-state index in [9.17, 15) is 4.79 Å². The largest absolute Gasteiger partial charge is 0.486 e. The lowest BCUT2D eigenvalue weighted by Gasteiger charge is -2.19. The number of benzene rings is 1. The number of rotatable bonds is 2. The smallest absolute Gasteiger partial charge is 0.166 e. The molecular weight excluding hydrogens is 216 g/mol. The number of hydrogen-bond acceptors (Lipinski definition) is 3. The van der Waals surface area contributed by atoms with Gasteiger partial charge in [0.15, 0.2) is 17.3 Å². The van der Waals surface area contributed by atoms with E-state index in [1.807, 2.05) is 18.2 Å². The highest BCUT2D eigenvalue weighted by Crippen LogP contribution is 2.33. The van der Waals surface area contributed by atoms with E-state index in [-0.39, 0.29) is 11.7 Å². The molecule has 17 heavy (non-hydrogen) atoms. The molecule has 0 amide bonds. The highest BCUT2D eigenvalue weighted by atomic mass is 16.6. The summed E-state index contributed by atoms with van der Waals surface area (Å²) in [5.74, 6) is 1.94.